The van der Waals surface area contributed by atoms with Crippen LogP contribution in [0.25, 0.3) is 0 Å². The minimum absolute atomic E-state index is 0.148. The molecule has 0 aliphatic heterocycles. The van der Waals surface area contributed by atoms with Crippen LogP contribution < -0.4 is 11.3 Å². The topological polar surface area (TPSA) is 50.9 Å². The molecule has 94 valence electrons. The van der Waals surface area contributed by atoms with E-state index in [9.17, 15) is 0 Å². The van der Waals surface area contributed by atoms with Gasteiger partial charge in [-0.05, 0) is 41.8 Å². The third-order valence-corrected chi connectivity index (χ3v) is 3.62. The van der Waals surface area contributed by atoms with E-state index < -0.39 is 0 Å². The van der Waals surface area contributed by atoms with Crippen LogP contribution >= 0.6 is 27.5 Å². The van der Waals surface area contributed by atoms with Crippen molar-refractivity contribution in [1.29, 1.82) is 0 Å². The van der Waals surface area contributed by atoms with E-state index in [1.54, 1.807) is 6.20 Å². The summed E-state index contributed by atoms with van der Waals surface area (Å²) in [5.41, 5.74) is 5.87. The van der Waals surface area contributed by atoms with Gasteiger partial charge in [-0.25, -0.2) is 5.43 Å². The number of aromatic nitrogens is 1. The van der Waals surface area contributed by atoms with Crippen molar-refractivity contribution in [2.24, 2.45) is 5.84 Å². The van der Waals surface area contributed by atoms with E-state index >= 15 is 0 Å². The lowest BCUT2D eigenvalue weighted by Crippen LogP contribution is -2.29. The highest BCUT2D eigenvalue weighted by Crippen LogP contribution is 2.30. The highest BCUT2D eigenvalue weighted by molar-refractivity contribution is 9.10. The zero-order chi connectivity index (χ0) is 13.1. The molecule has 2 aromatic rings. The Bertz CT molecular complexity index is 560. The van der Waals surface area contributed by atoms with Gasteiger partial charge in [0.25, 0.3) is 0 Å². The molecule has 0 fully saturated rings. The number of halogens is 2. The molecule has 0 saturated carbocycles. The van der Waals surface area contributed by atoms with E-state index in [4.69, 9.17) is 17.4 Å². The molecule has 1 aromatic heterocycles. The quantitative estimate of drug-likeness (QED) is 0.672. The summed E-state index contributed by atoms with van der Waals surface area (Å²) in [6.45, 7) is 2.00. The first kappa shape index (κ1) is 13.5. The Morgan fingerprint density at radius 3 is 2.78 bits per heavy atom. The van der Waals surface area contributed by atoms with Crippen molar-refractivity contribution in [1.82, 2.24) is 10.4 Å². The van der Waals surface area contributed by atoms with Gasteiger partial charge in [-0.2, -0.15) is 0 Å². The summed E-state index contributed by atoms with van der Waals surface area (Å²) >= 11 is 9.54. The predicted octanol–water partition coefficient (Wildman–Crippen LogP) is 3.36. The summed E-state index contributed by atoms with van der Waals surface area (Å²) < 4.78 is 0.955. The number of nitrogens with zero attached hydrogens (tertiary/aromatic N) is 1. The fourth-order valence-corrected chi connectivity index (χ4v) is 2.49. The predicted molar refractivity (Wildman–Crippen MR) is 77.3 cm³/mol. The molecule has 0 radical (unpaired) electrons. The molecule has 0 aliphatic rings. The van der Waals surface area contributed by atoms with Gasteiger partial charge in [0.15, 0.2) is 0 Å². The molecule has 3 nitrogen and oxygen atoms in total. The van der Waals surface area contributed by atoms with Gasteiger partial charge in [0.2, 0.25) is 0 Å². The Morgan fingerprint density at radius 1 is 1.33 bits per heavy atom. The zero-order valence-corrected chi connectivity index (χ0v) is 12.2. The average molecular weight is 327 g/mol. The van der Waals surface area contributed by atoms with Gasteiger partial charge in [0, 0.05) is 21.9 Å². The smallest absolute Gasteiger partial charge is 0.0736 e. The van der Waals surface area contributed by atoms with Crippen molar-refractivity contribution in [3.05, 3.63) is 62.8 Å². The van der Waals surface area contributed by atoms with Gasteiger partial charge >= 0.3 is 0 Å². The van der Waals surface area contributed by atoms with Crippen molar-refractivity contribution >= 4 is 27.5 Å². The van der Waals surface area contributed by atoms with Crippen LogP contribution in [0.4, 0.5) is 0 Å². The number of aryl methyl sites for hydroxylation is 1. The van der Waals surface area contributed by atoms with Gasteiger partial charge in [0.1, 0.15) is 0 Å². The van der Waals surface area contributed by atoms with Crippen LogP contribution in [-0.2, 0) is 0 Å². The molecule has 18 heavy (non-hydrogen) atoms. The summed E-state index contributed by atoms with van der Waals surface area (Å²) in [7, 11) is 0. The molecule has 5 heteroatoms. The molecule has 3 N–H and O–H groups in total. The number of hydrogen-bond donors (Lipinski definition) is 2. The second-order valence-electron chi connectivity index (χ2n) is 4.06. The highest BCUT2D eigenvalue weighted by atomic mass is 79.9. The molecular weight excluding hydrogens is 314 g/mol. The molecule has 1 atom stereocenters. The summed E-state index contributed by atoms with van der Waals surface area (Å²) in [5.74, 6) is 5.66. The number of benzene rings is 1. The highest BCUT2D eigenvalue weighted by Gasteiger charge is 2.16. The van der Waals surface area contributed by atoms with Crippen LogP contribution in [0.15, 0.2) is 41.1 Å². The van der Waals surface area contributed by atoms with E-state index in [1.807, 2.05) is 37.4 Å². The molecule has 1 heterocycles. The molecule has 0 amide bonds. The minimum Gasteiger partial charge on any atom is -0.271 e. The average Bonchev–Trinajstić information content (AvgIpc) is 2.35. The van der Waals surface area contributed by atoms with Gasteiger partial charge < -0.3 is 0 Å². The monoisotopic (exact) mass is 325 g/mol. The second kappa shape index (κ2) is 5.80. The molecule has 0 bridgehead atoms. The molecule has 1 unspecified atom stereocenters. The van der Waals surface area contributed by atoms with Crippen LogP contribution in [0, 0.1) is 6.92 Å². The van der Waals surface area contributed by atoms with Crippen LogP contribution in [0.2, 0.25) is 5.02 Å². The maximum Gasteiger partial charge on any atom is 0.0736 e. The Kier molecular flexibility index (Phi) is 4.35. The van der Waals surface area contributed by atoms with Gasteiger partial charge in [0.05, 0.1) is 6.04 Å². The first-order valence-electron chi connectivity index (χ1n) is 5.44. The first-order valence-corrected chi connectivity index (χ1v) is 6.61. The number of hydrogen-bond acceptors (Lipinski definition) is 3. The third-order valence-electron chi connectivity index (χ3n) is 2.67. The number of rotatable bonds is 3. The van der Waals surface area contributed by atoms with Crippen molar-refractivity contribution in [2.45, 2.75) is 13.0 Å². The molecule has 0 aliphatic carbocycles. The normalized spacial score (nSPS) is 12.4. The Balaban J connectivity index is 2.48. The Labute approximate surface area is 119 Å². The summed E-state index contributed by atoms with van der Waals surface area (Å²) in [4.78, 5) is 4.19. The van der Waals surface area contributed by atoms with Crippen molar-refractivity contribution in [2.75, 3.05) is 0 Å². The molecular formula is C13H13BrClN3. The molecule has 0 saturated heterocycles. The maximum absolute atomic E-state index is 6.03. The first-order chi connectivity index (χ1) is 8.61. The minimum atomic E-state index is -0.148. The lowest BCUT2D eigenvalue weighted by atomic mass is 10.00. The lowest BCUT2D eigenvalue weighted by Gasteiger charge is -2.18. The molecule has 2 rings (SSSR count). The van der Waals surface area contributed by atoms with Crippen LogP contribution in [-0.4, -0.2) is 4.98 Å². The van der Waals surface area contributed by atoms with Crippen LogP contribution in [0.5, 0.6) is 0 Å². The van der Waals surface area contributed by atoms with E-state index in [-0.39, 0.29) is 6.04 Å². The standard InChI is InChI=1S/C13H13BrClN3/c1-8-4-9(7-17-6-8)13(18-16)11-5-10(15)2-3-12(11)14/h2-7,13,18H,16H2,1H3. The summed E-state index contributed by atoms with van der Waals surface area (Å²) in [6.07, 6.45) is 3.61. The zero-order valence-electron chi connectivity index (χ0n) is 9.82. The van der Waals surface area contributed by atoms with Gasteiger partial charge in [-0.1, -0.05) is 33.6 Å². The van der Waals surface area contributed by atoms with Crippen LogP contribution in [0.1, 0.15) is 22.7 Å². The van der Waals surface area contributed by atoms with E-state index in [0.717, 1.165) is 21.2 Å². The number of pyridine rings is 1. The van der Waals surface area contributed by atoms with Gasteiger partial charge in [-0.15, -0.1) is 0 Å². The lowest BCUT2D eigenvalue weighted by molar-refractivity contribution is 0.632. The Morgan fingerprint density at radius 2 is 2.11 bits per heavy atom. The molecule has 0 spiro atoms. The third kappa shape index (κ3) is 2.90. The number of nitrogens with two attached hydrogens (primary N) is 1. The maximum atomic E-state index is 6.03. The fourth-order valence-electron chi connectivity index (χ4n) is 1.84. The van der Waals surface area contributed by atoms with E-state index in [0.29, 0.717) is 5.02 Å². The van der Waals surface area contributed by atoms with E-state index in [1.165, 1.54) is 0 Å². The summed E-state index contributed by atoms with van der Waals surface area (Å²) in [6, 6.07) is 7.52. The van der Waals surface area contributed by atoms with Crippen LogP contribution in [0.3, 0.4) is 0 Å². The van der Waals surface area contributed by atoms with Crippen molar-refractivity contribution in [3.63, 3.8) is 0 Å². The van der Waals surface area contributed by atoms with E-state index in [2.05, 4.69) is 26.3 Å². The van der Waals surface area contributed by atoms with Gasteiger partial charge in [-0.3, -0.25) is 10.8 Å². The largest absolute Gasteiger partial charge is 0.271 e. The number of nitrogens with one attached hydrogen (secondary N) is 1. The second-order valence-corrected chi connectivity index (χ2v) is 5.35. The van der Waals surface area contributed by atoms with Crippen molar-refractivity contribution < 1.29 is 0 Å². The fraction of sp³-hybridized carbons (Fsp3) is 0.154. The summed E-state index contributed by atoms with van der Waals surface area (Å²) in [5, 5.41) is 0.675. The number of hydrazine groups is 1. The SMILES string of the molecule is Cc1cncc(C(NN)c2cc(Cl)ccc2Br)c1. The van der Waals surface area contributed by atoms with Crippen molar-refractivity contribution in [3.8, 4) is 0 Å². The Hall–Kier alpha value is -0.940. The molecule has 1 aromatic carbocycles.